The molecule has 0 aliphatic carbocycles. The topological polar surface area (TPSA) is 123 Å². The van der Waals surface area contributed by atoms with Crippen molar-refractivity contribution in [3.8, 4) is 5.75 Å². The number of ketones is 1. The first-order valence-corrected chi connectivity index (χ1v) is 12.8. The maximum Gasteiger partial charge on any atom is 0.259 e. The number of carbonyl (C=O) groups excluding carboxylic acids is 2. The SMILES string of the molecule is CCOc1ccc(S(=O)(=O)N2C[C@@H](CC)N[C@@H](C)C2)cc1C(=O)Nc1c(C)nn(C)c1C(C)=O. The molecule has 10 nitrogen and oxygen atoms in total. The van der Waals surface area contributed by atoms with E-state index in [9.17, 15) is 18.0 Å². The third-order valence-corrected chi connectivity index (χ3v) is 7.67. The van der Waals surface area contributed by atoms with Crippen molar-refractivity contribution in [3.63, 3.8) is 0 Å². The van der Waals surface area contributed by atoms with Crippen molar-refractivity contribution < 1.29 is 22.7 Å². The third kappa shape index (κ3) is 5.16. The number of carbonyl (C=O) groups is 2. The van der Waals surface area contributed by atoms with Crippen molar-refractivity contribution in [2.45, 2.75) is 58.0 Å². The maximum atomic E-state index is 13.5. The number of hydrogen-bond donors (Lipinski definition) is 2. The zero-order valence-corrected chi connectivity index (χ0v) is 21.3. The van der Waals surface area contributed by atoms with Crippen LogP contribution in [0.4, 0.5) is 5.69 Å². The number of aryl methyl sites for hydroxylation is 2. The van der Waals surface area contributed by atoms with Crippen LogP contribution < -0.4 is 15.4 Å². The molecule has 11 heteroatoms. The summed E-state index contributed by atoms with van der Waals surface area (Å²) in [4.78, 5) is 25.4. The highest BCUT2D eigenvalue weighted by Crippen LogP contribution is 2.28. The fraction of sp³-hybridized carbons (Fsp3) is 0.522. The summed E-state index contributed by atoms with van der Waals surface area (Å²) in [7, 11) is -2.22. The van der Waals surface area contributed by atoms with E-state index in [1.54, 1.807) is 20.9 Å². The Hall–Kier alpha value is -2.76. The van der Waals surface area contributed by atoms with E-state index in [0.717, 1.165) is 6.42 Å². The van der Waals surface area contributed by atoms with Crippen LogP contribution in [-0.4, -0.2) is 66.0 Å². The van der Waals surface area contributed by atoms with E-state index < -0.39 is 15.9 Å². The van der Waals surface area contributed by atoms with Crippen molar-refractivity contribution >= 4 is 27.4 Å². The van der Waals surface area contributed by atoms with E-state index in [1.807, 2.05) is 13.8 Å². The van der Waals surface area contributed by atoms with Crippen LogP contribution in [0.1, 0.15) is 60.7 Å². The minimum Gasteiger partial charge on any atom is -0.493 e. The fourth-order valence-electron chi connectivity index (χ4n) is 4.25. The van der Waals surface area contributed by atoms with Crippen LogP contribution in [-0.2, 0) is 17.1 Å². The van der Waals surface area contributed by atoms with Gasteiger partial charge in [0, 0.05) is 39.1 Å². The number of nitrogens with one attached hydrogen (secondary N) is 2. The lowest BCUT2D eigenvalue weighted by atomic mass is 10.1. The third-order valence-electron chi connectivity index (χ3n) is 5.84. The predicted molar refractivity (Wildman–Crippen MR) is 129 cm³/mol. The first-order valence-electron chi connectivity index (χ1n) is 11.4. The number of amides is 1. The zero-order valence-electron chi connectivity index (χ0n) is 20.5. The molecule has 0 spiro atoms. The average molecular weight is 492 g/mol. The van der Waals surface area contributed by atoms with Gasteiger partial charge in [0.05, 0.1) is 28.4 Å². The molecule has 34 heavy (non-hydrogen) atoms. The first kappa shape index (κ1) is 25.9. The van der Waals surface area contributed by atoms with Gasteiger partial charge in [0.1, 0.15) is 11.4 Å². The lowest BCUT2D eigenvalue weighted by Crippen LogP contribution is -2.56. The minimum atomic E-state index is -3.84. The summed E-state index contributed by atoms with van der Waals surface area (Å²) in [5, 5.41) is 10.4. The molecule has 186 valence electrons. The summed E-state index contributed by atoms with van der Waals surface area (Å²) in [6, 6.07) is 4.36. The van der Waals surface area contributed by atoms with Crippen LogP contribution in [0.3, 0.4) is 0 Å². The Morgan fingerprint density at radius 3 is 2.59 bits per heavy atom. The molecule has 1 aliphatic rings. The molecule has 2 aromatic rings. The van der Waals surface area contributed by atoms with Gasteiger partial charge in [-0.15, -0.1) is 0 Å². The van der Waals surface area contributed by atoms with Crippen molar-refractivity contribution in [1.29, 1.82) is 0 Å². The molecule has 2 atom stereocenters. The van der Waals surface area contributed by atoms with Gasteiger partial charge in [-0.05, 0) is 45.4 Å². The van der Waals surface area contributed by atoms with Gasteiger partial charge in [-0.2, -0.15) is 9.40 Å². The zero-order chi connectivity index (χ0) is 25.2. The lowest BCUT2D eigenvalue weighted by Gasteiger charge is -2.36. The first-order chi connectivity index (χ1) is 16.0. The van der Waals surface area contributed by atoms with Crippen LogP contribution in [0, 0.1) is 6.92 Å². The Morgan fingerprint density at radius 1 is 1.26 bits per heavy atom. The van der Waals surface area contributed by atoms with E-state index in [-0.39, 0.29) is 45.5 Å². The smallest absolute Gasteiger partial charge is 0.259 e. The van der Waals surface area contributed by atoms with Gasteiger partial charge in [0.25, 0.3) is 5.91 Å². The molecule has 3 rings (SSSR count). The minimum absolute atomic E-state index is 0.0116. The number of benzene rings is 1. The standard InChI is InChI=1S/C23H33N5O5S/c1-7-17-13-28(12-14(3)24-17)34(31,32)18-9-10-20(33-8-2)19(11-18)23(30)25-21-15(4)26-27(6)22(21)16(5)29/h9-11,14,17,24H,7-8,12-13H2,1-6H3,(H,25,30)/t14-,17+/m0/s1. The Labute approximate surface area is 200 Å². The number of sulfonamides is 1. The van der Waals surface area contributed by atoms with Gasteiger partial charge in [0.2, 0.25) is 10.0 Å². The molecule has 1 aliphatic heterocycles. The Morgan fingerprint density at radius 2 is 1.97 bits per heavy atom. The highest BCUT2D eigenvalue weighted by molar-refractivity contribution is 7.89. The Bertz CT molecular complexity index is 1190. The lowest BCUT2D eigenvalue weighted by molar-refractivity contribution is 0.100. The van der Waals surface area contributed by atoms with Crippen molar-refractivity contribution in [2.75, 3.05) is 25.0 Å². The summed E-state index contributed by atoms with van der Waals surface area (Å²) in [5.41, 5.74) is 1.09. The number of ether oxygens (including phenoxy) is 1. The molecule has 1 saturated heterocycles. The van der Waals surface area contributed by atoms with E-state index in [0.29, 0.717) is 25.4 Å². The summed E-state index contributed by atoms with van der Waals surface area (Å²) < 4.78 is 35.4. The fourth-order valence-corrected chi connectivity index (χ4v) is 5.85. The molecule has 1 amide bonds. The Kier molecular flexibility index (Phi) is 7.79. The van der Waals surface area contributed by atoms with E-state index >= 15 is 0 Å². The van der Waals surface area contributed by atoms with Crippen LogP contribution >= 0.6 is 0 Å². The van der Waals surface area contributed by atoms with Gasteiger partial charge in [-0.25, -0.2) is 8.42 Å². The van der Waals surface area contributed by atoms with Crippen LogP contribution in [0.15, 0.2) is 23.1 Å². The number of rotatable bonds is 8. The highest BCUT2D eigenvalue weighted by atomic mass is 32.2. The van der Waals surface area contributed by atoms with Crippen LogP contribution in [0.25, 0.3) is 0 Å². The second kappa shape index (κ2) is 10.2. The van der Waals surface area contributed by atoms with E-state index in [1.165, 1.54) is 34.1 Å². The van der Waals surface area contributed by atoms with Gasteiger partial charge < -0.3 is 15.4 Å². The van der Waals surface area contributed by atoms with Gasteiger partial charge in [0.15, 0.2) is 5.78 Å². The maximum absolute atomic E-state index is 13.5. The second-order valence-corrected chi connectivity index (χ2v) is 10.5. The molecular formula is C23H33N5O5S. The van der Waals surface area contributed by atoms with Crippen LogP contribution in [0.5, 0.6) is 5.75 Å². The highest BCUT2D eigenvalue weighted by Gasteiger charge is 2.33. The van der Waals surface area contributed by atoms with Crippen molar-refractivity contribution in [2.24, 2.45) is 7.05 Å². The van der Waals surface area contributed by atoms with E-state index in [2.05, 4.69) is 15.7 Å². The summed E-state index contributed by atoms with van der Waals surface area (Å²) in [6.07, 6.45) is 0.802. The molecular weight excluding hydrogens is 458 g/mol. The molecule has 0 unspecified atom stereocenters. The predicted octanol–water partition coefficient (Wildman–Crippen LogP) is 2.34. The van der Waals surface area contributed by atoms with E-state index in [4.69, 9.17) is 4.74 Å². The molecule has 2 N–H and O–H groups in total. The number of nitrogens with zero attached hydrogens (tertiary/aromatic N) is 3. The number of anilines is 1. The largest absolute Gasteiger partial charge is 0.493 e. The molecule has 0 radical (unpaired) electrons. The van der Waals surface area contributed by atoms with Crippen molar-refractivity contribution in [1.82, 2.24) is 19.4 Å². The normalized spacial score (nSPS) is 19.1. The Balaban J connectivity index is 2.00. The van der Waals surface area contributed by atoms with Crippen LogP contribution in [0.2, 0.25) is 0 Å². The molecule has 1 aromatic carbocycles. The number of Topliss-reactive ketones (excluding diaryl/α,β-unsaturated/α-hetero) is 1. The second-order valence-electron chi connectivity index (χ2n) is 8.53. The number of hydrogen-bond acceptors (Lipinski definition) is 7. The molecule has 0 saturated carbocycles. The molecule has 2 heterocycles. The quantitative estimate of drug-likeness (QED) is 0.544. The molecule has 0 bridgehead atoms. The van der Waals surface area contributed by atoms with Gasteiger partial charge >= 0.3 is 0 Å². The summed E-state index contributed by atoms with van der Waals surface area (Å²) in [5.74, 6) is -0.581. The number of piperazine rings is 1. The molecule has 1 fully saturated rings. The van der Waals surface area contributed by atoms with Crippen molar-refractivity contribution in [3.05, 3.63) is 35.2 Å². The molecule has 1 aromatic heterocycles. The average Bonchev–Trinajstić information content (AvgIpc) is 3.06. The monoisotopic (exact) mass is 491 g/mol. The summed E-state index contributed by atoms with van der Waals surface area (Å²) in [6.45, 7) is 9.80. The summed E-state index contributed by atoms with van der Waals surface area (Å²) >= 11 is 0. The number of aromatic nitrogens is 2. The van der Waals surface area contributed by atoms with Gasteiger partial charge in [-0.1, -0.05) is 6.92 Å². The van der Waals surface area contributed by atoms with Gasteiger partial charge in [-0.3, -0.25) is 14.3 Å².